The third kappa shape index (κ3) is 1.76. The molecule has 12 heavy (non-hydrogen) atoms. The standard InChI is InChI=1S/C9H10ClFO/c1-5-3-7(10)4-8(6(2)12)9(5)11/h3-4,6,12H,1-2H3. The number of halogens is 2. The lowest BCUT2D eigenvalue weighted by molar-refractivity contribution is 0.194. The normalized spacial score (nSPS) is 13.1. The fourth-order valence-electron chi connectivity index (χ4n) is 1.06. The van der Waals surface area contributed by atoms with E-state index in [1.165, 1.54) is 19.1 Å². The van der Waals surface area contributed by atoms with Gasteiger partial charge in [0.1, 0.15) is 5.82 Å². The van der Waals surface area contributed by atoms with Crippen LogP contribution in [0.15, 0.2) is 12.1 Å². The van der Waals surface area contributed by atoms with Crippen LogP contribution in [0.2, 0.25) is 5.02 Å². The summed E-state index contributed by atoms with van der Waals surface area (Å²) in [5.74, 6) is -0.380. The molecule has 0 heterocycles. The Balaban J connectivity index is 3.28. The third-order valence-corrected chi connectivity index (χ3v) is 1.92. The second-order valence-corrected chi connectivity index (χ2v) is 3.24. The molecular formula is C9H10ClFO. The van der Waals surface area contributed by atoms with E-state index in [9.17, 15) is 4.39 Å². The van der Waals surface area contributed by atoms with E-state index in [1.807, 2.05) is 0 Å². The third-order valence-electron chi connectivity index (χ3n) is 1.70. The lowest BCUT2D eigenvalue weighted by Crippen LogP contribution is -1.97. The molecule has 0 spiro atoms. The molecule has 1 aromatic rings. The van der Waals surface area contributed by atoms with Crippen molar-refractivity contribution < 1.29 is 9.50 Å². The Morgan fingerprint density at radius 3 is 2.58 bits per heavy atom. The van der Waals surface area contributed by atoms with Gasteiger partial charge in [0.25, 0.3) is 0 Å². The van der Waals surface area contributed by atoms with Crippen molar-refractivity contribution in [2.24, 2.45) is 0 Å². The van der Waals surface area contributed by atoms with E-state index in [2.05, 4.69) is 0 Å². The lowest BCUT2D eigenvalue weighted by Gasteiger charge is -2.08. The summed E-state index contributed by atoms with van der Waals surface area (Å²) in [6.07, 6.45) is -0.817. The minimum atomic E-state index is -0.817. The summed E-state index contributed by atoms with van der Waals surface area (Å²) in [6.45, 7) is 3.13. The van der Waals surface area contributed by atoms with Gasteiger partial charge in [0.05, 0.1) is 6.10 Å². The number of benzene rings is 1. The van der Waals surface area contributed by atoms with E-state index in [0.29, 0.717) is 10.6 Å². The van der Waals surface area contributed by atoms with Crippen molar-refractivity contribution in [2.75, 3.05) is 0 Å². The predicted octanol–water partition coefficient (Wildman–Crippen LogP) is 2.84. The molecular weight excluding hydrogens is 179 g/mol. The van der Waals surface area contributed by atoms with Gasteiger partial charge < -0.3 is 5.11 Å². The molecule has 0 radical (unpaired) electrons. The van der Waals surface area contributed by atoms with E-state index < -0.39 is 6.10 Å². The minimum absolute atomic E-state index is 0.250. The molecule has 0 amide bonds. The van der Waals surface area contributed by atoms with Gasteiger partial charge in [0.15, 0.2) is 0 Å². The molecule has 3 heteroatoms. The number of rotatable bonds is 1. The fourth-order valence-corrected chi connectivity index (χ4v) is 1.34. The summed E-state index contributed by atoms with van der Waals surface area (Å²) in [5, 5.41) is 9.60. The SMILES string of the molecule is Cc1cc(Cl)cc(C(C)O)c1F. The fraction of sp³-hybridized carbons (Fsp3) is 0.333. The van der Waals surface area contributed by atoms with E-state index in [4.69, 9.17) is 16.7 Å². The molecule has 1 atom stereocenters. The smallest absolute Gasteiger partial charge is 0.131 e. The van der Waals surface area contributed by atoms with Crippen molar-refractivity contribution in [2.45, 2.75) is 20.0 Å². The molecule has 0 aliphatic carbocycles. The lowest BCUT2D eigenvalue weighted by atomic mass is 10.1. The Labute approximate surface area is 75.8 Å². The second kappa shape index (κ2) is 3.42. The molecule has 66 valence electrons. The highest BCUT2D eigenvalue weighted by molar-refractivity contribution is 6.30. The van der Waals surface area contributed by atoms with Crippen molar-refractivity contribution in [1.29, 1.82) is 0 Å². The van der Waals surface area contributed by atoms with Crippen molar-refractivity contribution in [3.05, 3.63) is 34.1 Å². The number of aryl methyl sites for hydroxylation is 1. The van der Waals surface area contributed by atoms with Crippen LogP contribution < -0.4 is 0 Å². The molecule has 1 N–H and O–H groups in total. The van der Waals surface area contributed by atoms with Gasteiger partial charge in [-0.1, -0.05) is 11.6 Å². The van der Waals surface area contributed by atoms with Crippen molar-refractivity contribution in [1.82, 2.24) is 0 Å². The maximum Gasteiger partial charge on any atom is 0.131 e. The van der Waals surface area contributed by atoms with E-state index in [-0.39, 0.29) is 11.4 Å². The Morgan fingerprint density at radius 2 is 2.08 bits per heavy atom. The van der Waals surface area contributed by atoms with Gasteiger partial charge in [0.2, 0.25) is 0 Å². The summed E-state index contributed by atoms with van der Waals surface area (Å²) in [7, 11) is 0. The summed E-state index contributed by atoms with van der Waals surface area (Å²) in [4.78, 5) is 0. The Kier molecular flexibility index (Phi) is 2.70. The highest BCUT2D eigenvalue weighted by Gasteiger charge is 2.10. The molecule has 0 saturated heterocycles. The monoisotopic (exact) mass is 188 g/mol. The van der Waals surface area contributed by atoms with Gasteiger partial charge in [-0.15, -0.1) is 0 Å². The number of aliphatic hydroxyl groups is 1. The number of hydrogen-bond donors (Lipinski definition) is 1. The first-order valence-corrected chi connectivity index (χ1v) is 4.03. The molecule has 1 aromatic carbocycles. The van der Waals surface area contributed by atoms with Gasteiger partial charge in [-0.25, -0.2) is 4.39 Å². The average Bonchev–Trinajstić information content (AvgIpc) is 1.96. The maximum atomic E-state index is 13.2. The topological polar surface area (TPSA) is 20.2 Å². The maximum absolute atomic E-state index is 13.2. The zero-order valence-electron chi connectivity index (χ0n) is 6.94. The zero-order valence-corrected chi connectivity index (χ0v) is 7.69. The van der Waals surface area contributed by atoms with Gasteiger partial charge in [0, 0.05) is 10.6 Å². The highest BCUT2D eigenvalue weighted by Crippen LogP contribution is 2.23. The van der Waals surface area contributed by atoms with Crippen LogP contribution in [0.1, 0.15) is 24.2 Å². The van der Waals surface area contributed by atoms with Crippen LogP contribution in [-0.2, 0) is 0 Å². The number of aliphatic hydroxyl groups excluding tert-OH is 1. The number of hydrogen-bond acceptors (Lipinski definition) is 1. The van der Waals surface area contributed by atoms with Gasteiger partial charge in [-0.05, 0) is 31.5 Å². The molecule has 0 saturated carbocycles. The van der Waals surface area contributed by atoms with E-state index >= 15 is 0 Å². The quantitative estimate of drug-likeness (QED) is 0.719. The van der Waals surface area contributed by atoms with E-state index in [1.54, 1.807) is 6.92 Å². The molecule has 0 aliphatic heterocycles. The minimum Gasteiger partial charge on any atom is -0.389 e. The van der Waals surface area contributed by atoms with Gasteiger partial charge >= 0.3 is 0 Å². The Hall–Kier alpha value is -0.600. The molecule has 0 bridgehead atoms. The van der Waals surface area contributed by atoms with Crippen LogP contribution in [0.5, 0.6) is 0 Å². The average molecular weight is 189 g/mol. The summed E-state index contributed by atoms with van der Waals surface area (Å²) in [5.41, 5.74) is 0.707. The van der Waals surface area contributed by atoms with Gasteiger partial charge in [-0.3, -0.25) is 0 Å². The van der Waals surface area contributed by atoms with Crippen LogP contribution >= 0.6 is 11.6 Å². The summed E-state index contributed by atoms with van der Waals surface area (Å²) >= 11 is 5.69. The van der Waals surface area contributed by atoms with Crippen molar-refractivity contribution in [3.63, 3.8) is 0 Å². The first-order chi connectivity index (χ1) is 5.52. The van der Waals surface area contributed by atoms with Crippen molar-refractivity contribution >= 4 is 11.6 Å². The van der Waals surface area contributed by atoms with Crippen molar-refractivity contribution in [3.8, 4) is 0 Å². The van der Waals surface area contributed by atoms with E-state index in [0.717, 1.165) is 0 Å². The molecule has 0 aromatic heterocycles. The second-order valence-electron chi connectivity index (χ2n) is 2.80. The molecule has 1 unspecified atom stereocenters. The van der Waals surface area contributed by atoms with Crippen LogP contribution in [0.25, 0.3) is 0 Å². The predicted molar refractivity (Wildman–Crippen MR) is 46.8 cm³/mol. The first-order valence-electron chi connectivity index (χ1n) is 3.66. The van der Waals surface area contributed by atoms with Crippen LogP contribution in [0, 0.1) is 12.7 Å². The largest absolute Gasteiger partial charge is 0.389 e. The molecule has 1 rings (SSSR count). The zero-order chi connectivity index (χ0) is 9.30. The van der Waals surface area contributed by atoms with Gasteiger partial charge in [-0.2, -0.15) is 0 Å². The first kappa shape index (κ1) is 9.49. The Morgan fingerprint density at radius 1 is 1.50 bits per heavy atom. The van der Waals surface area contributed by atoms with Crippen LogP contribution in [0.4, 0.5) is 4.39 Å². The van der Waals surface area contributed by atoms with Crippen LogP contribution in [-0.4, -0.2) is 5.11 Å². The summed E-state index contributed by atoms with van der Waals surface area (Å²) in [6, 6.07) is 2.97. The molecule has 0 aliphatic rings. The highest BCUT2D eigenvalue weighted by atomic mass is 35.5. The molecule has 1 nitrogen and oxygen atoms in total. The van der Waals surface area contributed by atoms with Crippen LogP contribution in [0.3, 0.4) is 0 Å². The molecule has 0 fully saturated rings. The Bertz CT molecular complexity index is 297. The summed E-state index contributed by atoms with van der Waals surface area (Å²) < 4.78 is 13.2.